The first kappa shape index (κ1) is 29.3. The summed E-state index contributed by atoms with van der Waals surface area (Å²) in [5.74, 6) is 2.81. The van der Waals surface area contributed by atoms with E-state index in [0.717, 1.165) is 38.5 Å². The van der Waals surface area contributed by atoms with E-state index in [2.05, 4.69) is 33.0 Å². The summed E-state index contributed by atoms with van der Waals surface area (Å²) < 4.78 is 22.8. The van der Waals surface area contributed by atoms with Crippen molar-refractivity contribution >= 4 is 15.7 Å². The lowest BCUT2D eigenvalue weighted by Gasteiger charge is -2.64. The molecular weight excluding hydrogens is 486 g/mol. The minimum Gasteiger partial charge on any atom is -0.393 e. The van der Waals surface area contributed by atoms with Gasteiger partial charge in [-0.2, -0.15) is 0 Å². The number of rotatable bonds is 8. The summed E-state index contributed by atoms with van der Waals surface area (Å²) in [4.78, 5) is 12.7. The third-order valence-corrected chi connectivity index (χ3v) is 13.0. The highest BCUT2D eigenvalue weighted by Gasteiger charge is 2.64. The van der Waals surface area contributed by atoms with E-state index >= 15 is 0 Å². The molecule has 0 bridgehead atoms. The summed E-state index contributed by atoms with van der Waals surface area (Å²) in [7, 11) is -3.09. The molecule has 6 nitrogen and oxygen atoms in total. The van der Waals surface area contributed by atoms with E-state index in [-0.39, 0.29) is 53.1 Å². The van der Waals surface area contributed by atoms with E-state index in [1.54, 1.807) is 0 Å². The number of nitrogens with one attached hydrogen (secondary N) is 1. The van der Waals surface area contributed by atoms with Crippen molar-refractivity contribution in [1.29, 1.82) is 0 Å². The number of aliphatic hydroxyl groups excluding tert-OH is 2. The van der Waals surface area contributed by atoms with Gasteiger partial charge in [0.2, 0.25) is 5.91 Å². The van der Waals surface area contributed by atoms with Crippen LogP contribution in [0.15, 0.2) is 0 Å². The maximum absolute atomic E-state index is 12.7. The number of carbonyl (C=O) groups is 1. The molecule has 0 heterocycles. The Hall–Kier alpha value is -0.660. The van der Waals surface area contributed by atoms with Crippen LogP contribution in [0.5, 0.6) is 0 Å². The lowest BCUT2D eigenvalue weighted by molar-refractivity contribution is -0.203. The highest BCUT2D eigenvalue weighted by Crippen LogP contribution is 2.69. The molecule has 3 N–H and O–H groups in total. The van der Waals surface area contributed by atoms with Crippen LogP contribution in [0, 0.1) is 58.2 Å². The van der Waals surface area contributed by atoms with Crippen molar-refractivity contribution in [2.24, 2.45) is 58.2 Å². The van der Waals surface area contributed by atoms with E-state index in [1.165, 1.54) is 25.5 Å². The summed E-state index contributed by atoms with van der Waals surface area (Å²) >= 11 is 0. The first-order valence-electron chi connectivity index (χ1n) is 15.0. The molecule has 0 aromatic carbocycles. The second kappa shape index (κ2) is 10.7. The third-order valence-electron chi connectivity index (χ3n) is 12.1. The molecule has 7 heteroatoms. The number of carbonyl (C=O) groups excluding carboxylic acids is 1. The lowest BCUT2D eigenvalue weighted by Crippen LogP contribution is -2.62. The number of amides is 1. The van der Waals surface area contributed by atoms with Gasteiger partial charge in [-0.15, -0.1) is 0 Å². The average molecular weight is 540 g/mol. The van der Waals surface area contributed by atoms with Crippen molar-refractivity contribution in [2.75, 3.05) is 18.6 Å². The van der Waals surface area contributed by atoms with Gasteiger partial charge in [0.25, 0.3) is 0 Å². The summed E-state index contributed by atoms with van der Waals surface area (Å²) in [5.41, 5.74) is 0.400. The highest BCUT2D eigenvalue weighted by atomic mass is 32.2. The summed E-state index contributed by atoms with van der Waals surface area (Å²) in [5, 5.41) is 25.2. The molecule has 1 amide bonds. The number of sulfone groups is 1. The van der Waals surface area contributed by atoms with E-state index in [4.69, 9.17) is 0 Å². The fourth-order valence-corrected chi connectivity index (χ4v) is 10.8. The fraction of sp³-hybridized carbons (Fsp3) is 0.967. The lowest BCUT2D eigenvalue weighted by atomic mass is 9.41. The van der Waals surface area contributed by atoms with Gasteiger partial charge in [-0.1, -0.05) is 41.0 Å². The summed E-state index contributed by atoms with van der Waals surface area (Å²) in [6.07, 6.45) is 10.00. The zero-order valence-corrected chi connectivity index (χ0v) is 24.9. The molecule has 4 aliphatic rings. The average Bonchev–Trinajstić information content (AvgIpc) is 3.16. The van der Waals surface area contributed by atoms with Crippen molar-refractivity contribution in [1.82, 2.24) is 5.32 Å². The van der Waals surface area contributed by atoms with Gasteiger partial charge in [0.1, 0.15) is 9.84 Å². The smallest absolute Gasteiger partial charge is 0.222 e. The van der Waals surface area contributed by atoms with E-state index in [9.17, 15) is 23.4 Å². The fourth-order valence-electron chi connectivity index (χ4n) is 10.3. The van der Waals surface area contributed by atoms with Crippen LogP contribution in [0.3, 0.4) is 0 Å². The van der Waals surface area contributed by atoms with Crippen LogP contribution in [-0.4, -0.2) is 55.3 Å². The van der Waals surface area contributed by atoms with Gasteiger partial charge in [0.05, 0.1) is 18.0 Å². The minimum absolute atomic E-state index is 0.0221. The molecule has 4 saturated carbocycles. The maximum atomic E-state index is 12.7. The van der Waals surface area contributed by atoms with Gasteiger partial charge in [0, 0.05) is 18.7 Å². The highest BCUT2D eigenvalue weighted by molar-refractivity contribution is 7.90. The van der Waals surface area contributed by atoms with Crippen LogP contribution in [0.25, 0.3) is 0 Å². The number of fused-ring (bicyclic) bond motifs is 5. The van der Waals surface area contributed by atoms with Crippen molar-refractivity contribution in [3.05, 3.63) is 0 Å². The van der Waals surface area contributed by atoms with Crippen molar-refractivity contribution in [2.45, 2.75) is 105 Å². The molecule has 4 unspecified atom stereocenters. The largest absolute Gasteiger partial charge is 0.393 e. The first-order chi connectivity index (χ1) is 17.2. The van der Waals surface area contributed by atoms with Crippen LogP contribution in [0.4, 0.5) is 0 Å². The topological polar surface area (TPSA) is 104 Å². The van der Waals surface area contributed by atoms with Crippen LogP contribution >= 0.6 is 0 Å². The SMILES string of the molecule is CC[C@@H]1C2C[C@H](O)CC[C@]2(C)C2CC[C@@]3(C)C(CC[C@@H]3[C@H](C)C[C@H](C)C(=O)NCCS(C)(=O)=O)C2[C@H]1O. The van der Waals surface area contributed by atoms with Crippen LogP contribution in [-0.2, 0) is 14.6 Å². The molecule has 0 spiro atoms. The van der Waals surface area contributed by atoms with E-state index in [1.807, 2.05) is 6.92 Å². The maximum Gasteiger partial charge on any atom is 0.222 e. The van der Waals surface area contributed by atoms with E-state index in [0.29, 0.717) is 35.5 Å². The Kier molecular flexibility index (Phi) is 8.50. The number of aliphatic hydroxyl groups is 2. The van der Waals surface area contributed by atoms with Gasteiger partial charge in [0.15, 0.2) is 0 Å². The Morgan fingerprint density at radius 2 is 1.65 bits per heavy atom. The quantitative estimate of drug-likeness (QED) is 0.423. The van der Waals surface area contributed by atoms with Crippen molar-refractivity contribution < 1.29 is 23.4 Å². The second-order valence-electron chi connectivity index (χ2n) is 14.2. The molecule has 0 aromatic rings. The Bertz CT molecular complexity index is 938. The molecule has 214 valence electrons. The van der Waals surface area contributed by atoms with Crippen molar-refractivity contribution in [3.63, 3.8) is 0 Å². The van der Waals surface area contributed by atoms with Gasteiger partial charge in [-0.25, -0.2) is 8.42 Å². The zero-order chi connectivity index (χ0) is 27.3. The van der Waals surface area contributed by atoms with Crippen molar-refractivity contribution in [3.8, 4) is 0 Å². The Morgan fingerprint density at radius 3 is 2.30 bits per heavy atom. The Balaban J connectivity index is 1.47. The minimum atomic E-state index is -3.09. The third kappa shape index (κ3) is 5.39. The zero-order valence-electron chi connectivity index (χ0n) is 24.1. The predicted molar refractivity (Wildman–Crippen MR) is 147 cm³/mol. The van der Waals surface area contributed by atoms with Gasteiger partial charge in [-0.05, 0) is 104 Å². The van der Waals surface area contributed by atoms with Gasteiger partial charge < -0.3 is 15.5 Å². The molecule has 4 rings (SSSR count). The Labute approximate surface area is 225 Å². The van der Waals surface area contributed by atoms with Gasteiger partial charge in [-0.3, -0.25) is 4.79 Å². The second-order valence-corrected chi connectivity index (χ2v) is 16.4. The molecule has 0 aromatic heterocycles. The number of hydrogen-bond acceptors (Lipinski definition) is 5. The molecule has 0 radical (unpaired) electrons. The van der Waals surface area contributed by atoms with Crippen LogP contribution < -0.4 is 5.32 Å². The molecule has 0 saturated heterocycles. The monoisotopic (exact) mass is 539 g/mol. The summed E-state index contributed by atoms with van der Waals surface area (Å²) in [6.45, 7) is 11.6. The van der Waals surface area contributed by atoms with Crippen LogP contribution in [0.2, 0.25) is 0 Å². The standard InChI is InChI=1S/C30H53NO5S/c1-7-21-25-17-20(32)10-12-30(25,5)24-11-13-29(4)22(8-9-23(29)26(24)27(21)33)18(2)16-19(3)28(34)31-14-15-37(6,35)36/h18-27,32-33H,7-17H2,1-6H3,(H,31,34)/t18-,19+,20-,21-,22-,23?,24?,25?,26?,27+,29-,30-/m1/s1. The first-order valence-corrected chi connectivity index (χ1v) is 17.1. The normalized spacial score (nSPS) is 45.3. The predicted octanol–water partition coefficient (Wildman–Crippen LogP) is 4.44. The molecule has 4 aliphatic carbocycles. The molecule has 12 atom stereocenters. The summed E-state index contributed by atoms with van der Waals surface area (Å²) in [6, 6.07) is 0. The molecule has 4 fully saturated rings. The molecular formula is C30H53NO5S. The Morgan fingerprint density at radius 1 is 1.00 bits per heavy atom. The molecule has 37 heavy (non-hydrogen) atoms. The van der Waals surface area contributed by atoms with Gasteiger partial charge >= 0.3 is 0 Å². The molecule has 0 aliphatic heterocycles. The van der Waals surface area contributed by atoms with Crippen LogP contribution in [0.1, 0.15) is 92.4 Å². The van der Waals surface area contributed by atoms with E-state index < -0.39 is 9.84 Å². The number of hydrogen-bond donors (Lipinski definition) is 3.